The van der Waals surface area contributed by atoms with E-state index in [0.29, 0.717) is 32.4 Å². The molecule has 3 aromatic carbocycles. The van der Waals surface area contributed by atoms with Gasteiger partial charge in [-0.05, 0) is 25.3 Å². The third kappa shape index (κ3) is 11.2. The molecule has 3 aromatic rings. The summed E-state index contributed by atoms with van der Waals surface area (Å²) in [6, 6.07) is 12.7. The maximum Gasteiger partial charge on any atom is 0.342 e. The molecule has 11 N–H and O–H groups in total. The van der Waals surface area contributed by atoms with E-state index in [9.17, 15) is 40.2 Å². The van der Waals surface area contributed by atoms with Gasteiger partial charge < -0.3 is 80.5 Å². The zero-order chi connectivity index (χ0) is 40.8. The second-order valence-electron chi connectivity index (χ2n) is 12.3. The van der Waals surface area contributed by atoms with Crippen LogP contribution < -0.4 is 35.3 Å². The lowest BCUT2D eigenvalue weighted by Crippen LogP contribution is -2.60. The number of nitrogens with two attached hydrogens (primary N) is 1. The molecule has 1 heterocycles. The Morgan fingerprint density at radius 3 is 2.34 bits per heavy atom. The molecule has 1 saturated heterocycles. The minimum Gasteiger partial charge on any atom is -0.504 e. The molecule has 0 bridgehead atoms. The van der Waals surface area contributed by atoms with Gasteiger partial charge in [-0.25, -0.2) is 14.6 Å². The summed E-state index contributed by atoms with van der Waals surface area (Å²) < 4.78 is 33.4. The highest BCUT2D eigenvalue weighted by Gasteiger charge is 2.46. The van der Waals surface area contributed by atoms with Crippen LogP contribution in [0.25, 0.3) is 0 Å². The Bertz CT molecular complexity index is 1800. The number of carboxylic acids is 1. The van der Waals surface area contributed by atoms with Crippen molar-refractivity contribution in [3.63, 3.8) is 0 Å². The minimum atomic E-state index is -1.89. The highest BCUT2D eigenvalue weighted by molar-refractivity contribution is 5.96. The number of carbonyl (C=O) groups is 2. The molecule has 0 spiro atoms. The number of unbranched alkanes of at least 4 members (excludes halogenated alkanes) is 1. The molecule has 1 fully saturated rings. The number of benzene rings is 3. The SMILES string of the molecule is CCNc1cc(O[C@@H]2O[C@H](COC(=O)c3cc(OC)c(O)c(OCCc4ccccc4)c3O)[C@@H](O)[C@H](O)[C@H]2O)c(OCN=C(N)NCCCCO)cc1C(=O)O. The maximum atomic E-state index is 13.3. The number of esters is 1. The van der Waals surface area contributed by atoms with Crippen molar-refractivity contribution in [2.75, 3.05) is 52.1 Å². The smallest absolute Gasteiger partial charge is 0.342 e. The monoisotopic (exact) mass is 788 g/mol. The highest BCUT2D eigenvalue weighted by atomic mass is 16.7. The summed E-state index contributed by atoms with van der Waals surface area (Å²) in [5.74, 6) is -4.73. The Balaban J connectivity index is 1.51. The van der Waals surface area contributed by atoms with E-state index in [1.807, 2.05) is 30.3 Å². The average molecular weight is 789 g/mol. The zero-order valence-electron chi connectivity index (χ0n) is 30.8. The maximum absolute atomic E-state index is 13.3. The molecule has 19 heteroatoms. The summed E-state index contributed by atoms with van der Waals surface area (Å²) in [5.41, 5.74) is 6.23. The Kier molecular flexibility index (Phi) is 16.0. The number of methoxy groups -OCH3 is 1. The largest absolute Gasteiger partial charge is 0.504 e. The molecular weight excluding hydrogens is 740 g/mol. The van der Waals surface area contributed by atoms with Gasteiger partial charge in [0.05, 0.1) is 25.0 Å². The number of carboxylic acid groups (broad SMARTS) is 1. The molecule has 1 aliphatic heterocycles. The van der Waals surface area contributed by atoms with Crippen molar-refractivity contribution in [2.24, 2.45) is 10.7 Å². The molecule has 0 unspecified atom stereocenters. The Labute approximate surface area is 321 Å². The van der Waals surface area contributed by atoms with Gasteiger partial charge in [0.15, 0.2) is 35.7 Å². The van der Waals surface area contributed by atoms with Crippen LogP contribution in [0.1, 0.15) is 46.0 Å². The zero-order valence-corrected chi connectivity index (χ0v) is 30.8. The molecular formula is C37H48N4O15. The van der Waals surface area contributed by atoms with E-state index in [4.69, 9.17) is 39.3 Å². The molecule has 0 aromatic heterocycles. The molecule has 56 heavy (non-hydrogen) atoms. The first-order valence-electron chi connectivity index (χ1n) is 17.7. The number of nitrogens with zero attached hydrogens (tertiary/aromatic N) is 1. The summed E-state index contributed by atoms with van der Waals surface area (Å²) in [5, 5.41) is 78.4. The Hall–Kier alpha value is -5.73. The van der Waals surface area contributed by atoms with Gasteiger partial charge in [0, 0.05) is 44.3 Å². The molecule has 4 rings (SSSR count). The third-order valence-electron chi connectivity index (χ3n) is 8.43. The van der Waals surface area contributed by atoms with Crippen LogP contribution in [0, 0.1) is 0 Å². The van der Waals surface area contributed by atoms with Crippen molar-refractivity contribution < 1.29 is 73.8 Å². The first kappa shape index (κ1) is 43.0. The van der Waals surface area contributed by atoms with Crippen molar-refractivity contribution in [3.05, 3.63) is 65.2 Å². The van der Waals surface area contributed by atoms with Gasteiger partial charge in [0.1, 0.15) is 36.6 Å². The normalized spacial score (nSPS) is 19.5. The van der Waals surface area contributed by atoms with E-state index in [1.165, 1.54) is 13.2 Å². The number of rotatable bonds is 20. The number of hydrogen-bond acceptors (Lipinski definition) is 16. The number of hydrogen-bond donors (Lipinski definition) is 10. The van der Waals surface area contributed by atoms with Crippen molar-refractivity contribution in [2.45, 2.75) is 56.9 Å². The molecule has 1 aliphatic rings. The number of aromatic hydroxyl groups is 2. The molecule has 0 aliphatic carbocycles. The topological polar surface area (TPSA) is 294 Å². The van der Waals surface area contributed by atoms with Crippen LogP contribution in [0.5, 0.6) is 34.5 Å². The van der Waals surface area contributed by atoms with E-state index in [1.54, 1.807) is 6.92 Å². The fourth-order valence-corrected chi connectivity index (χ4v) is 5.45. The molecule has 306 valence electrons. The molecule has 19 nitrogen and oxygen atoms in total. The lowest BCUT2D eigenvalue weighted by molar-refractivity contribution is -0.277. The van der Waals surface area contributed by atoms with E-state index in [-0.39, 0.29) is 47.7 Å². The number of aliphatic hydroxyl groups excluding tert-OH is 4. The van der Waals surface area contributed by atoms with Crippen LogP contribution >= 0.6 is 0 Å². The summed E-state index contributed by atoms with van der Waals surface area (Å²) >= 11 is 0. The number of aliphatic hydroxyl groups is 4. The van der Waals surface area contributed by atoms with E-state index >= 15 is 0 Å². The fraction of sp³-hybridized carbons (Fsp3) is 0.432. The van der Waals surface area contributed by atoms with Gasteiger partial charge in [0.25, 0.3) is 0 Å². The number of aromatic carboxylic acids is 1. The van der Waals surface area contributed by atoms with E-state index < -0.39 is 78.8 Å². The first-order valence-corrected chi connectivity index (χ1v) is 17.7. The standard InChI is InChI=1S/C37H48N4O15/c1-3-39-23-17-25(24(15-21(23)34(48)49)54-19-41-37(38)40-12-7-8-13-42)55-36-32(47)31(46)29(44)27(56-36)18-53-35(50)22-16-26(51-2)30(45)33(28(22)43)52-14-11-20-9-5-4-6-10-20/h4-6,9-10,15-17,27,29,31-32,36,39,42-47H,3,7-8,11-14,18-19H2,1-2H3,(H,48,49)(H3,38,40,41)/t27-,29-,31+,32-,36-/m1/s1. The Morgan fingerprint density at radius 1 is 0.929 bits per heavy atom. The molecule has 0 saturated carbocycles. The predicted molar refractivity (Wildman–Crippen MR) is 199 cm³/mol. The first-order chi connectivity index (χ1) is 26.9. The quantitative estimate of drug-likeness (QED) is 0.0329. The summed E-state index contributed by atoms with van der Waals surface area (Å²) in [4.78, 5) is 29.4. The second kappa shape index (κ2) is 20.8. The van der Waals surface area contributed by atoms with Crippen molar-refractivity contribution in [1.82, 2.24) is 5.32 Å². The van der Waals surface area contributed by atoms with Gasteiger partial charge >= 0.3 is 11.9 Å². The number of aliphatic imine (C=N–C) groups is 1. The minimum absolute atomic E-state index is 0.0135. The number of phenols is 2. The lowest BCUT2D eigenvalue weighted by Gasteiger charge is -2.40. The summed E-state index contributed by atoms with van der Waals surface area (Å²) in [7, 11) is 1.23. The van der Waals surface area contributed by atoms with Crippen molar-refractivity contribution in [3.8, 4) is 34.5 Å². The van der Waals surface area contributed by atoms with Gasteiger partial charge in [-0.1, -0.05) is 30.3 Å². The van der Waals surface area contributed by atoms with Gasteiger partial charge in [-0.3, -0.25) is 0 Å². The third-order valence-corrected chi connectivity index (χ3v) is 8.43. The van der Waals surface area contributed by atoms with Crippen LogP contribution in [0.4, 0.5) is 5.69 Å². The van der Waals surface area contributed by atoms with Crippen LogP contribution in [-0.4, -0.2) is 131 Å². The van der Waals surface area contributed by atoms with Gasteiger partial charge in [-0.2, -0.15) is 0 Å². The molecule has 0 amide bonds. The second-order valence-corrected chi connectivity index (χ2v) is 12.3. The Morgan fingerprint density at radius 2 is 1.66 bits per heavy atom. The van der Waals surface area contributed by atoms with Crippen LogP contribution in [-0.2, 0) is 15.9 Å². The number of anilines is 1. The van der Waals surface area contributed by atoms with Gasteiger partial charge in [-0.15, -0.1) is 0 Å². The fourth-order valence-electron chi connectivity index (χ4n) is 5.45. The number of carbonyl (C=O) groups excluding carboxylic acids is 1. The average Bonchev–Trinajstić information content (AvgIpc) is 3.18. The van der Waals surface area contributed by atoms with Gasteiger partial charge in [0.2, 0.25) is 17.8 Å². The van der Waals surface area contributed by atoms with Crippen LogP contribution in [0.2, 0.25) is 0 Å². The number of nitrogens with one attached hydrogen (secondary N) is 2. The van der Waals surface area contributed by atoms with Crippen LogP contribution in [0.3, 0.4) is 0 Å². The molecule has 5 atom stereocenters. The van der Waals surface area contributed by atoms with Crippen molar-refractivity contribution in [1.29, 1.82) is 0 Å². The van der Waals surface area contributed by atoms with E-state index in [2.05, 4.69) is 15.6 Å². The highest BCUT2D eigenvalue weighted by Crippen LogP contribution is 2.46. The number of phenolic OH excluding ortho intramolecular Hbond substituents is 2. The number of guanidine groups is 1. The van der Waals surface area contributed by atoms with E-state index in [0.717, 1.165) is 17.7 Å². The predicted octanol–water partition coefficient (Wildman–Crippen LogP) is 0.914. The van der Waals surface area contributed by atoms with Crippen molar-refractivity contribution >= 4 is 23.6 Å². The number of ether oxygens (including phenoxy) is 6. The lowest BCUT2D eigenvalue weighted by atomic mass is 9.99. The molecule has 0 radical (unpaired) electrons. The summed E-state index contributed by atoms with van der Waals surface area (Å²) in [6.45, 7) is 1.37. The van der Waals surface area contributed by atoms with Crippen LogP contribution in [0.15, 0.2) is 53.5 Å². The summed E-state index contributed by atoms with van der Waals surface area (Å²) in [6.07, 6.45) is -7.22.